The topological polar surface area (TPSA) is 46.2 Å². The van der Waals surface area contributed by atoms with Crippen molar-refractivity contribution in [1.29, 1.82) is 0 Å². The van der Waals surface area contributed by atoms with Crippen LogP contribution in [-0.4, -0.2) is 33.0 Å². The first-order chi connectivity index (χ1) is 7.83. The van der Waals surface area contributed by atoms with E-state index in [9.17, 15) is 8.42 Å². The van der Waals surface area contributed by atoms with Gasteiger partial charge in [0.25, 0.3) is 0 Å². The smallest absolute Gasteiger partial charge is 0.147 e. The molecule has 4 heteroatoms. The van der Waals surface area contributed by atoms with Crippen molar-refractivity contribution in [2.24, 2.45) is 5.41 Å². The molecule has 0 unspecified atom stereocenters. The van der Waals surface area contributed by atoms with Gasteiger partial charge in [0.15, 0.2) is 0 Å². The molecule has 102 valence electrons. The van der Waals surface area contributed by atoms with Crippen LogP contribution in [0.1, 0.15) is 52.4 Å². The fourth-order valence-corrected chi connectivity index (χ4v) is 3.44. The van der Waals surface area contributed by atoms with Gasteiger partial charge >= 0.3 is 0 Å². The SMILES string of the molecule is CC(C)NCC1(CCS(C)(=O)=O)CCCCC1. The summed E-state index contributed by atoms with van der Waals surface area (Å²) >= 11 is 0. The zero-order valence-electron chi connectivity index (χ0n) is 11.5. The summed E-state index contributed by atoms with van der Waals surface area (Å²) in [4.78, 5) is 0. The van der Waals surface area contributed by atoms with Gasteiger partial charge in [-0.25, -0.2) is 8.42 Å². The summed E-state index contributed by atoms with van der Waals surface area (Å²) in [5, 5.41) is 3.50. The largest absolute Gasteiger partial charge is 0.314 e. The Balaban J connectivity index is 2.58. The Kier molecular flexibility index (Phi) is 5.45. The molecule has 0 radical (unpaired) electrons. The van der Waals surface area contributed by atoms with Crippen LogP contribution in [0.25, 0.3) is 0 Å². The third-order valence-electron chi connectivity index (χ3n) is 3.80. The first-order valence-electron chi connectivity index (χ1n) is 6.74. The first kappa shape index (κ1) is 15.0. The summed E-state index contributed by atoms with van der Waals surface area (Å²) in [5.74, 6) is 0.340. The molecule has 0 aromatic rings. The maximum Gasteiger partial charge on any atom is 0.147 e. The average Bonchev–Trinajstić information content (AvgIpc) is 2.25. The standard InChI is InChI=1S/C13H27NO2S/c1-12(2)14-11-13(7-5-4-6-8-13)9-10-17(3,15)16/h12,14H,4-11H2,1-3H3. The normalized spacial score (nSPS) is 20.7. The lowest BCUT2D eigenvalue weighted by Gasteiger charge is -2.38. The predicted octanol–water partition coefficient (Wildman–Crippen LogP) is 2.37. The van der Waals surface area contributed by atoms with Gasteiger partial charge in [0.1, 0.15) is 9.84 Å². The second kappa shape index (κ2) is 6.19. The zero-order chi connectivity index (χ0) is 12.9. The molecule has 0 atom stereocenters. The number of hydrogen-bond acceptors (Lipinski definition) is 3. The van der Waals surface area contributed by atoms with Crippen molar-refractivity contribution in [2.45, 2.75) is 58.4 Å². The Hall–Kier alpha value is -0.0900. The van der Waals surface area contributed by atoms with Gasteiger partial charge in [0, 0.05) is 18.8 Å². The van der Waals surface area contributed by atoms with E-state index in [1.807, 2.05) is 0 Å². The van der Waals surface area contributed by atoms with E-state index in [0.717, 1.165) is 13.0 Å². The molecule has 0 bridgehead atoms. The second-order valence-electron chi connectivity index (χ2n) is 5.98. The molecule has 17 heavy (non-hydrogen) atoms. The van der Waals surface area contributed by atoms with Crippen molar-refractivity contribution in [1.82, 2.24) is 5.32 Å². The molecule has 0 saturated heterocycles. The van der Waals surface area contributed by atoms with Crippen LogP contribution in [0.3, 0.4) is 0 Å². The van der Waals surface area contributed by atoms with Crippen LogP contribution < -0.4 is 5.32 Å². The molecule has 1 rings (SSSR count). The maximum atomic E-state index is 11.3. The van der Waals surface area contributed by atoms with Gasteiger partial charge in [0.05, 0.1) is 5.75 Å². The molecule has 3 nitrogen and oxygen atoms in total. The summed E-state index contributed by atoms with van der Waals surface area (Å²) in [6.45, 7) is 5.26. The Bertz CT molecular complexity index is 316. The molecule has 0 aromatic carbocycles. The monoisotopic (exact) mass is 261 g/mol. The van der Waals surface area contributed by atoms with Crippen molar-refractivity contribution in [2.75, 3.05) is 18.6 Å². The number of nitrogens with one attached hydrogen (secondary N) is 1. The fraction of sp³-hybridized carbons (Fsp3) is 1.00. The van der Waals surface area contributed by atoms with Crippen LogP contribution >= 0.6 is 0 Å². The molecule has 1 saturated carbocycles. The van der Waals surface area contributed by atoms with Crippen molar-refractivity contribution < 1.29 is 8.42 Å². The second-order valence-corrected chi connectivity index (χ2v) is 8.24. The third-order valence-corrected chi connectivity index (χ3v) is 4.75. The highest BCUT2D eigenvalue weighted by Crippen LogP contribution is 2.39. The number of hydrogen-bond donors (Lipinski definition) is 1. The van der Waals surface area contributed by atoms with Crippen LogP contribution in [0.15, 0.2) is 0 Å². The minimum absolute atomic E-state index is 0.228. The molecule has 0 aromatic heterocycles. The molecule has 0 amide bonds. The van der Waals surface area contributed by atoms with Crippen LogP contribution in [0.5, 0.6) is 0 Å². The van der Waals surface area contributed by atoms with E-state index in [1.54, 1.807) is 0 Å². The third kappa shape index (κ3) is 5.87. The van der Waals surface area contributed by atoms with Crippen molar-refractivity contribution in [3.63, 3.8) is 0 Å². The minimum atomic E-state index is -2.83. The van der Waals surface area contributed by atoms with Gasteiger partial charge in [-0.2, -0.15) is 0 Å². The summed E-state index contributed by atoms with van der Waals surface area (Å²) in [7, 11) is -2.83. The number of sulfone groups is 1. The van der Waals surface area contributed by atoms with E-state index in [-0.39, 0.29) is 5.41 Å². The summed E-state index contributed by atoms with van der Waals surface area (Å²) in [6.07, 6.45) is 8.35. The van der Waals surface area contributed by atoms with Crippen molar-refractivity contribution in [3.05, 3.63) is 0 Å². The Morgan fingerprint density at radius 2 is 1.76 bits per heavy atom. The van der Waals surface area contributed by atoms with E-state index in [4.69, 9.17) is 0 Å². The fourth-order valence-electron chi connectivity index (χ4n) is 2.64. The van der Waals surface area contributed by atoms with Gasteiger partial charge in [-0.15, -0.1) is 0 Å². The molecule has 0 spiro atoms. The van der Waals surface area contributed by atoms with Crippen molar-refractivity contribution >= 4 is 9.84 Å². The van der Waals surface area contributed by atoms with E-state index in [0.29, 0.717) is 11.8 Å². The quantitative estimate of drug-likeness (QED) is 0.798. The highest BCUT2D eigenvalue weighted by molar-refractivity contribution is 7.90. The molecule has 1 fully saturated rings. The van der Waals surface area contributed by atoms with Gasteiger partial charge in [-0.1, -0.05) is 33.1 Å². The highest BCUT2D eigenvalue weighted by Gasteiger charge is 2.32. The lowest BCUT2D eigenvalue weighted by atomic mass is 9.72. The van der Waals surface area contributed by atoms with Crippen LogP contribution in [0.4, 0.5) is 0 Å². The van der Waals surface area contributed by atoms with Gasteiger partial charge < -0.3 is 5.32 Å². The Labute approximate surface area is 106 Å². The van der Waals surface area contributed by atoms with E-state index in [1.165, 1.54) is 38.4 Å². The summed E-state index contributed by atoms with van der Waals surface area (Å²) in [6, 6.07) is 0.479. The summed E-state index contributed by atoms with van der Waals surface area (Å²) < 4.78 is 22.7. The summed E-state index contributed by atoms with van der Waals surface area (Å²) in [5.41, 5.74) is 0.228. The predicted molar refractivity (Wildman–Crippen MR) is 73.0 cm³/mol. The van der Waals surface area contributed by atoms with Crippen molar-refractivity contribution in [3.8, 4) is 0 Å². The minimum Gasteiger partial charge on any atom is -0.314 e. The lowest BCUT2D eigenvalue weighted by molar-refractivity contribution is 0.171. The molecular weight excluding hydrogens is 234 g/mol. The van der Waals surface area contributed by atoms with E-state index < -0.39 is 9.84 Å². The van der Waals surface area contributed by atoms with E-state index in [2.05, 4.69) is 19.2 Å². The van der Waals surface area contributed by atoms with Gasteiger partial charge in [-0.3, -0.25) is 0 Å². The average molecular weight is 261 g/mol. The van der Waals surface area contributed by atoms with Crippen LogP contribution in [-0.2, 0) is 9.84 Å². The zero-order valence-corrected chi connectivity index (χ0v) is 12.3. The van der Waals surface area contributed by atoms with Gasteiger partial charge in [-0.05, 0) is 24.7 Å². The maximum absolute atomic E-state index is 11.3. The molecule has 0 aliphatic heterocycles. The molecule has 1 aliphatic rings. The lowest BCUT2D eigenvalue weighted by Crippen LogP contribution is -2.40. The van der Waals surface area contributed by atoms with Gasteiger partial charge in [0.2, 0.25) is 0 Å². The van der Waals surface area contributed by atoms with E-state index >= 15 is 0 Å². The van der Waals surface area contributed by atoms with Crippen LogP contribution in [0.2, 0.25) is 0 Å². The molecule has 1 aliphatic carbocycles. The molecular formula is C13H27NO2S. The Morgan fingerprint density at radius 1 is 1.18 bits per heavy atom. The Morgan fingerprint density at radius 3 is 2.24 bits per heavy atom. The first-order valence-corrected chi connectivity index (χ1v) is 8.80. The number of rotatable bonds is 6. The molecule has 0 heterocycles. The molecule has 1 N–H and O–H groups in total. The van der Waals surface area contributed by atoms with Crippen LogP contribution in [0, 0.1) is 5.41 Å². The highest BCUT2D eigenvalue weighted by atomic mass is 32.2.